The summed E-state index contributed by atoms with van der Waals surface area (Å²) in [4.78, 5) is 115. The van der Waals surface area contributed by atoms with Crippen molar-refractivity contribution in [3.63, 3.8) is 0 Å². The molecule has 0 bridgehead atoms. The van der Waals surface area contributed by atoms with Crippen LogP contribution in [0.1, 0.15) is 75.1 Å². The van der Waals surface area contributed by atoms with E-state index < -0.39 is 36.0 Å². The Morgan fingerprint density at radius 3 is 1.27 bits per heavy atom. The number of carbonyl (C=O) groups is 8. The van der Waals surface area contributed by atoms with Gasteiger partial charge in [-0.25, -0.2) is 19.4 Å². The van der Waals surface area contributed by atoms with Crippen molar-refractivity contribution in [2.24, 2.45) is 15.3 Å². The quantitative estimate of drug-likeness (QED) is 0.00812. The Kier molecular flexibility index (Phi) is 30.9. The number of aldehydes is 1. The lowest BCUT2D eigenvalue weighted by atomic mass is 9.99. The average Bonchev–Trinajstić information content (AvgIpc) is 1.74. The molecule has 0 amide bonds. The van der Waals surface area contributed by atoms with E-state index in [4.69, 9.17) is 26.4 Å². The fraction of sp³-hybridized carbons (Fsp3) is 0.0673. The molecule has 5 aromatic heterocycles. The van der Waals surface area contributed by atoms with Crippen molar-refractivity contribution in [3.05, 3.63) is 428 Å². The number of benzene rings is 15. The molecule has 133 heavy (non-hydrogen) atoms. The first-order valence-corrected chi connectivity index (χ1v) is 40.9. The number of H-pyrrole nitrogens is 4. The van der Waals surface area contributed by atoms with Gasteiger partial charge in [0.15, 0.2) is 6.04 Å². The van der Waals surface area contributed by atoms with Gasteiger partial charge in [-0.2, -0.15) is 0 Å². The van der Waals surface area contributed by atoms with E-state index in [1.165, 1.54) is 56.2 Å². The predicted molar refractivity (Wildman–Crippen MR) is 516 cm³/mol. The van der Waals surface area contributed by atoms with E-state index in [-0.39, 0.29) is 35.6 Å². The van der Waals surface area contributed by atoms with Crippen LogP contribution in [0.15, 0.2) is 367 Å². The summed E-state index contributed by atoms with van der Waals surface area (Å²) in [5.74, 6) is -3.32. The minimum absolute atomic E-state index is 0.0240. The molecule has 0 radical (unpaired) electrons. The molecule has 0 aliphatic heterocycles. The highest BCUT2D eigenvalue weighted by molar-refractivity contribution is 6.15. The molecule has 0 saturated heterocycles. The van der Waals surface area contributed by atoms with Gasteiger partial charge in [-0.3, -0.25) is 28.5 Å². The largest absolute Gasteiger partial charge is 0.477 e. The van der Waals surface area contributed by atoms with Gasteiger partial charge in [-0.05, 0) is 130 Å². The van der Waals surface area contributed by atoms with Crippen molar-refractivity contribution in [2.75, 3.05) is 35.0 Å². The highest BCUT2D eigenvalue weighted by Gasteiger charge is 2.28. The number of fused-ring (bicyclic) bond motifs is 15. The number of nitrogens with zero attached hydrogens (tertiary/aromatic N) is 11. The zero-order chi connectivity index (χ0) is 93.7. The van der Waals surface area contributed by atoms with Gasteiger partial charge in [0.05, 0.1) is 62.3 Å². The molecule has 5 heterocycles. The molecular formula is C104H81N15O14. The number of aromatic nitrogens is 6. The molecule has 29 nitrogen and oxygen atoms in total. The Morgan fingerprint density at radius 2 is 0.827 bits per heavy atom. The Hall–Kier alpha value is -18.5. The zero-order valence-corrected chi connectivity index (χ0v) is 71.6. The number of nitrogens with one attached hydrogen (secondary N) is 4. The monoisotopic (exact) mass is 1760 g/mol. The number of aromatic carboxylic acids is 1. The van der Waals surface area contributed by atoms with Gasteiger partial charge >= 0.3 is 29.8 Å². The first kappa shape index (κ1) is 92.2. The van der Waals surface area contributed by atoms with Crippen molar-refractivity contribution in [2.45, 2.75) is 12.1 Å². The number of aromatic amines is 4. The molecule has 15 aromatic carbocycles. The van der Waals surface area contributed by atoms with Crippen LogP contribution in [-0.2, 0) is 33.3 Å². The second kappa shape index (κ2) is 44.6. The summed E-state index contributed by atoms with van der Waals surface area (Å²) >= 11 is 0. The average molecular weight is 1760 g/mol. The Labute approximate surface area is 756 Å². The van der Waals surface area contributed by atoms with E-state index >= 15 is 0 Å². The van der Waals surface area contributed by atoms with Crippen LogP contribution >= 0.6 is 0 Å². The van der Waals surface area contributed by atoms with E-state index in [2.05, 4.69) is 112 Å². The number of hydrogen-bond acceptors (Lipinski definition) is 17. The van der Waals surface area contributed by atoms with Crippen LogP contribution in [0.5, 0.6) is 0 Å². The van der Waals surface area contributed by atoms with Gasteiger partial charge in [0.2, 0.25) is 5.78 Å². The van der Waals surface area contributed by atoms with Crippen LogP contribution in [-0.4, -0.2) is 129 Å². The molecule has 20 aromatic rings. The van der Waals surface area contributed by atoms with Crippen LogP contribution in [0.3, 0.4) is 0 Å². The van der Waals surface area contributed by atoms with Crippen LogP contribution in [0, 0.1) is 0 Å². The number of ether oxygens (including phenoxy) is 4. The van der Waals surface area contributed by atoms with Gasteiger partial charge < -0.3 is 49.1 Å². The highest BCUT2D eigenvalue weighted by Crippen LogP contribution is 2.32. The van der Waals surface area contributed by atoms with Crippen LogP contribution < -0.4 is 0 Å². The number of aliphatic hydroxyl groups is 1. The summed E-state index contributed by atoms with van der Waals surface area (Å²) in [6, 6.07) is 104. The molecule has 2 atom stereocenters. The highest BCUT2D eigenvalue weighted by atomic mass is 16.5. The van der Waals surface area contributed by atoms with E-state index in [9.17, 15) is 43.5 Å². The number of ketones is 1. The minimum atomic E-state index is -1.30. The molecule has 656 valence electrons. The lowest BCUT2D eigenvalue weighted by Gasteiger charge is -2.17. The van der Waals surface area contributed by atoms with Crippen LogP contribution in [0.2, 0.25) is 0 Å². The third-order valence-corrected chi connectivity index (χ3v) is 21.0. The molecule has 0 fully saturated rings. The molecule has 20 rings (SSSR count). The molecular weight excluding hydrogens is 1680 g/mol. The fourth-order valence-electron chi connectivity index (χ4n) is 14.5. The number of esters is 4. The van der Waals surface area contributed by atoms with Gasteiger partial charge in [-0.1, -0.05) is 300 Å². The number of aliphatic hydroxyl groups excluding tert-OH is 1. The summed E-state index contributed by atoms with van der Waals surface area (Å²) in [5, 5.41) is 48.1. The molecule has 0 aliphatic rings. The number of hydrogen-bond donors (Lipinski definition) is 6. The van der Waals surface area contributed by atoms with Crippen molar-refractivity contribution in [1.82, 2.24) is 29.5 Å². The summed E-state index contributed by atoms with van der Waals surface area (Å²) in [5.41, 5.74) is 33.0. The molecule has 0 spiro atoms. The van der Waals surface area contributed by atoms with Crippen molar-refractivity contribution in [1.29, 1.82) is 0 Å². The van der Waals surface area contributed by atoms with Crippen LogP contribution in [0.25, 0.3) is 156 Å². The van der Waals surface area contributed by atoms with Crippen LogP contribution in [0.4, 0.5) is 0 Å². The van der Waals surface area contributed by atoms with Crippen molar-refractivity contribution >= 4 is 173 Å². The summed E-state index contributed by atoms with van der Waals surface area (Å²) in [7, 11) is 5.03. The summed E-state index contributed by atoms with van der Waals surface area (Å²) < 4.78 is 19.4. The first-order chi connectivity index (χ1) is 64.8. The molecule has 0 saturated carbocycles. The zero-order valence-electron chi connectivity index (χ0n) is 71.6. The Bertz CT molecular complexity index is 7900. The van der Waals surface area contributed by atoms with E-state index in [1.54, 1.807) is 30.6 Å². The fourth-order valence-corrected chi connectivity index (χ4v) is 14.5. The Morgan fingerprint density at radius 1 is 0.421 bits per heavy atom. The standard InChI is InChI=1S/C19H13NO.C16H11N3O.C14H13N3O3.C14H11N3O2.C14H11NO2.C13H9NO2.C11H8O.C3H5N3O2/c21-19(14-7-2-1-3-8-14)17-12-15-11-10-13-6-4-5-9-16(13)18(15)20-17;20-16(19-8-7-17-10-19)14-9-12-6-5-11-3-1-2-4-13(11)15(12)18-14;1-20-14(19)12(16-17-15)13(18)11-7-6-9-4-2-3-5-10(9)8-11;1-19-14(18)13(16-17-15)9-10-6-7-11-4-2-3-5-12(11)8-10;1-17-14(16)12-8-10-7-6-9-4-2-3-5-11(9)13(10)15-12;15-13(16)11-7-9-6-5-8-3-1-2-4-10(8)12(9)14-11;12-8-9-5-6-10-3-1-2-4-11(10)7-9;1-8-3(7)2-5-6-4/h1-12,20H;1-10,18H;2-8,12-13,18H,1H3;2-9H,1H3;2-8,15H,1H3;1-7,14H,(H,15,16);1-8H;2H2,1H3/b;;;13-9+;;;;. The second-order valence-corrected chi connectivity index (χ2v) is 29.2. The number of rotatable bonds is 15. The SMILES string of the molecule is COC(=O)/C(=C\c1ccc2ccccc2c1)N=[N+]=[N-].COC(=O)C(N=[N+]=[N-])C(O)c1ccc2ccccc2c1.COC(=O)CN=[N+]=[N-].COC(=O)c1cc2ccc3ccccc3c2[nH]1.O=C(O)c1cc2ccc3ccccc3c2[nH]1.O=C(c1cc2ccc3ccccc3c2[nH]1)n1ccnc1.O=C(c1ccccc1)c1cc2ccc3ccccc3c2[nH]1.O=Cc1ccc2ccccc2c1. The lowest BCUT2D eigenvalue weighted by Crippen LogP contribution is -2.27. The maximum Gasteiger partial charge on any atom is 0.354 e. The number of azide groups is 3. The smallest absolute Gasteiger partial charge is 0.354 e. The summed E-state index contributed by atoms with van der Waals surface area (Å²) in [6.07, 6.45) is 5.86. The molecule has 0 aliphatic carbocycles. The minimum Gasteiger partial charge on any atom is -0.477 e. The predicted octanol–water partition coefficient (Wildman–Crippen LogP) is 23.4. The third-order valence-electron chi connectivity index (χ3n) is 21.0. The lowest BCUT2D eigenvalue weighted by molar-refractivity contribution is -0.145. The maximum atomic E-state index is 12.5. The maximum absolute atomic E-state index is 12.5. The Balaban J connectivity index is 0.000000131. The van der Waals surface area contributed by atoms with E-state index in [1.807, 2.05) is 267 Å². The molecule has 6 N–H and O–H groups in total. The van der Waals surface area contributed by atoms with Crippen molar-refractivity contribution in [3.8, 4) is 0 Å². The molecule has 2 unspecified atom stereocenters. The van der Waals surface area contributed by atoms with Gasteiger partial charge in [0.1, 0.15) is 41.9 Å². The van der Waals surface area contributed by atoms with Gasteiger partial charge in [0, 0.05) is 81.3 Å². The number of carboxylic acid groups (broad SMARTS) is 1. The van der Waals surface area contributed by atoms with Crippen molar-refractivity contribution < 1.29 is 67.5 Å². The van der Waals surface area contributed by atoms with E-state index in [0.29, 0.717) is 28.2 Å². The normalized spacial score (nSPS) is 11.0. The van der Waals surface area contributed by atoms with Gasteiger partial charge in [0.25, 0.3) is 5.91 Å². The molecule has 29 heteroatoms. The second-order valence-electron chi connectivity index (χ2n) is 29.2. The van der Waals surface area contributed by atoms with E-state index in [0.717, 1.165) is 126 Å². The topological polar surface area (TPSA) is 441 Å². The third kappa shape index (κ3) is 22.8. The number of imidazole rings is 1. The summed E-state index contributed by atoms with van der Waals surface area (Å²) in [6.45, 7) is -0.229. The number of carbonyl (C=O) groups excluding carboxylic acids is 7. The number of carboxylic acids is 1. The number of methoxy groups -OCH3 is 4. The first-order valence-electron chi connectivity index (χ1n) is 40.9. The van der Waals surface area contributed by atoms with Gasteiger partial charge in [-0.15, -0.1) is 0 Å².